The smallest absolute Gasteiger partial charge is 0.297 e. The zero-order chi connectivity index (χ0) is 21.1. The standard InChI is InChI=1S/C23H24N4O3/c1-15-7-8-17(22(29)26-18-9-10-18)13-19(15)27-12-11-24-21(23(27)30)25-14-20(28)16-5-3-2-4-6-16/h2-8,11-13,18,20,28H,9-10,14H2,1H3,(H,24,25)(H,26,29). The molecule has 0 saturated heterocycles. The van der Waals surface area contributed by atoms with E-state index in [1.54, 1.807) is 18.3 Å². The fraction of sp³-hybridized carbons (Fsp3) is 0.261. The van der Waals surface area contributed by atoms with Crippen LogP contribution in [0, 0.1) is 6.92 Å². The van der Waals surface area contributed by atoms with E-state index in [2.05, 4.69) is 15.6 Å². The molecule has 1 amide bonds. The van der Waals surface area contributed by atoms with Gasteiger partial charge in [0.2, 0.25) is 0 Å². The first-order valence-corrected chi connectivity index (χ1v) is 9.99. The predicted octanol–water partition coefficient (Wildman–Crippen LogP) is 2.58. The Morgan fingerprint density at radius 1 is 1.23 bits per heavy atom. The van der Waals surface area contributed by atoms with Crippen LogP contribution in [0.2, 0.25) is 0 Å². The maximum Gasteiger partial charge on any atom is 0.297 e. The monoisotopic (exact) mass is 404 g/mol. The summed E-state index contributed by atoms with van der Waals surface area (Å²) in [7, 11) is 0. The van der Waals surface area contributed by atoms with Crippen LogP contribution in [0.5, 0.6) is 0 Å². The summed E-state index contributed by atoms with van der Waals surface area (Å²) in [6.07, 6.45) is 4.36. The Hall–Kier alpha value is -3.45. The van der Waals surface area contributed by atoms with Crippen LogP contribution < -0.4 is 16.2 Å². The van der Waals surface area contributed by atoms with E-state index in [1.807, 2.05) is 43.3 Å². The van der Waals surface area contributed by atoms with Gasteiger partial charge in [-0.2, -0.15) is 0 Å². The average molecular weight is 404 g/mol. The summed E-state index contributed by atoms with van der Waals surface area (Å²) < 4.78 is 1.47. The Bertz CT molecular complexity index is 1110. The molecule has 1 aliphatic rings. The van der Waals surface area contributed by atoms with Crippen molar-refractivity contribution in [2.45, 2.75) is 31.9 Å². The molecule has 1 fully saturated rings. The van der Waals surface area contributed by atoms with Crippen molar-refractivity contribution >= 4 is 11.7 Å². The van der Waals surface area contributed by atoms with Gasteiger partial charge < -0.3 is 15.7 Å². The predicted molar refractivity (Wildman–Crippen MR) is 115 cm³/mol. The van der Waals surface area contributed by atoms with E-state index in [9.17, 15) is 14.7 Å². The number of nitrogens with one attached hydrogen (secondary N) is 2. The summed E-state index contributed by atoms with van der Waals surface area (Å²) >= 11 is 0. The number of nitrogens with zero attached hydrogens (tertiary/aromatic N) is 2. The summed E-state index contributed by atoms with van der Waals surface area (Å²) in [5.74, 6) is 0.00454. The molecular formula is C23H24N4O3. The van der Waals surface area contributed by atoms with Gasteiger partial charge in [-0.15, -0.1) is 0 Å². The van der Waals surface area contributed by atoms with Crippen molar-refractivity contribution in [1.29, 1.82) is 0 Å². The van der Waals surface area contributed by atoms with Gasteiger partial charge in [-0.3, -0.25) is 14.2 Å². The maximum atomic E-state index is 13.0. The van der Waals surface area contributed by atoms with E-state index < -0.39 is 6.10 Å². The Balaban J connectivity index is 1.56. The molecule has 1 saturated carbocycles. The topological polar surface area (TPSA) is 96.2 Å². The van der Waals surface area contributed by atoms with Crippen molar-refractivity contribution in [2.24, 2.45) is 0 Å². The highest BCUT2D eigenvalue weighted by Crippen LogP contribution is 2.21. The van der Waals surface area contributed by atoms with Crippen LogP contribution in [-0.4, -0.2) is 33.2 Å². The molecule has 0 aliphatic heterocycles. The van der Waals surface area contributed by atoms with Crippen LogP contribution in [-0.2, 0) is 0 Å². The van der Waals surface area contributed by atoms with Gasteiger partial charge in [0, 0.05) is 30.5 Å². The Labute approximate surface area is 174 Å². The number of aromatic nitrogens is 2. The van der Waals surface area contributed by atoms with Crippen LogP contribution >= 0.6 is 0 Å². The van der Waals surface area contributed by atoms with E-state index in [1.165, 1.54) is 10.8 Å². The van der Waals surface area contributed by atoms with E-state index >= 15 is 0 Å². The average Bonchev–Trinajstić information content (AvgIpc) is 3.58. The minimum absolute atomic E-state index is 0.134. The second-order valence-corrected chi connectivity index (χ2v) is 7.51. The van der Waals surface area contributed by atoms with Crippen molar-refractivity contribution in [3.05, 3.63) is 88.0 Å². The first kappa shape index (κ1) is 19.8. The van der Waals surface area contributed by atoms with Crippen LogP contribution in [0.15, 0.2) is 65.7 Å². The highest BCUT2D eigenvalue weighted by molar-refractivity contribution is 5.95. The van der Waals surface area contributed by atoms with Crippen molar-refractivity contribution in [3.63, 3.8) is 0 Å². The maximum absolute atomic E-state index is 13.0. The van der Waals surface area contributed by atoms with Crippen molar-refractivity contribution in [3.8, 4) is 5.69 Å². The second-order valence-electron chi connectivity index (χ2n) is 7.51. The number of aliphatic hydroxyl groups is 1. The third kappa shape index (κ3) is 4.41. The third-order valence-electron chi connectivity index (χ3n) is 5.13. The molecule has 4 rings (SSSR count). The number of rotatable bonds is 7. The minimum atomic E-state index is -0.766. The lowest BCUT2D eigenvalue weighted by Gasteiger charge is -2.15. The fourth-order valence-electron chi connectivity index (χ4n) is 3.22. The van der Waals surface area contributed by atoms with Gasteiger partial charge in [-0.1, -0.05) is 36.4 Å². The molecule has 3 aromatic rings. The molecule has 0 bridgehead atoms. The molecule has 0 radical (unpaired) electrons. The summed E-state index contributed by atoms with van der Waals surface area (Å²) in [5, 5.41) is 16.2. The Morgan fingerprint density at radius 2 is 2.00 bits per heavy atom. The zero-order valence-corrected chi connectivity index (χ0v) is 16.7. The summed E-state index contributed by atoms with van der Waals surface area (Å²) in [5.41, 5.74) is 2.41. The quantitative estimate of drug-likeness (QED) is 0.563. The molecule has 2 aromatic carbocycles. The highest BCUT2D eigenvalue weighted by atomic mass is 16.3. The van der Waals surface area contributed by atoms with Gasteiger partial charge in [-0.05, 0) is 43.0 Å². The number of hydrogen-bond acceptors (Lipinski definition) is 5. The second kappa shape index (κ2) is 8.51. The molecule has 1 atom stereocenters. The minimum Gasteiger partial charge on any atom is -0.387 e. The molecule has 0 spiro atoms. The summed E-state index contributed by atoms with van der Waals surface area (Å²) in [6.45, 7) is 2.04. The van der Waals surface area contributed by atoms with Gasteiger partial charge in [0.25, 0.3) is 11.5 Å². The molecule has 1 unspecified atom stereocenters. The molecule has 3 N–H and O–H groups in total. The number of hydrogen-bond donors (Lipinski definition) is 3. The number of benzene rings is 2. The largest absolute Gasteiger partial charge is 0.387 e. The number of aryl methyl sites for hydroxylation is 1. The van der Waals surface area contributed by atoms with Crippen molar-refractivity contribution in [1.82, 2.24) is 14.9 Å². The van der Waals surface area contributed by atoms with Gasteiger partial charge >= 0.3 is 0 Å². The number of aliphatic hydroxyl groups excluding tert-OH is 1. The highest BCUT2D eigenvalue weighted by Gasteiger charge is 2.24. The molecule has 1 aliphatic carbocycles. The number of amides is 1. The van der Waals surface area contributed by atoms with E-state index in [-0.39, 0.29) is 29.9 Å². The molecule has 7 nitrogen and oxygen atoms in total. The Morgan fingerprint density at radius 3 is 2.73 bits per heavy atom. The van der Waals surface area contributed by atoms with E-state index in [4.69, 9.17) is 0 Å². The van der Waals surface area contributed by atoms with Gasteiger partial charge in [0.15, 0.2) is 5.82 Å². The molecule has 1 aromatic heterocycles. The molecule has 154 valence electrons. The lowest BCUT2D eigenvalue weighted by Crippen LogP contribution is -2.27. The van der Waals surface area contributed by atoms with Crippen molar-refractivity contribution in [2.75, 3.05) is 11.9 Å². The lowest BCUT2D eigenvalue weighted by atomic mass is 10.1. The zero-order valence-electron chi connectivity index (χ0n) is 16.7. The molecule has 30 heavy (non-hydrogen) atoms. The van der Waals surface area contributed by atoms with Crippen LogP contribution in [0.3, 0.4) is 0 Å². The van der Waals surface area contributed by atoms with Gasteiger partial charge in [0.05, 0.1) is 11.8 Å². The number of carbonyl (C=O) groups is 1. The molecule has 1 heterocycles. The fourth-order valence-corrected chi connectivity index (χ4v) is 3.22. The third-order valence-corrected chi connectivity index (χ3v) is 5.13. The first-order valence-electron chi connectivity index (χ1n) is 9.99. The number of carbonyl (C=O) groups excluding carboxylic acids is 1. The van der Waals surface area contributed by atoms with E-state index in [0.717, 1.165) is 24.0 Å². The normalized spacial score (nSPS) is 14.2. The van der Waals surface area contributed by atoms with Gasteiger partial charge in [-0.25, -0.2) is 4.98 Å². The van der Waals surface area contributed by atoms with Crippen molar-refractivity contribution < 1.29 is 9.90 Å². The molecule has 7 heteroatoms. The molecular weight excluding hydrogens is 380 g/mol. The van der Waals surface area contributed by atoms with Crippen LogP contribution in [0.1, 0.15) is 40.4 Å². The van der Waals surface area contributed by atoms with Crippen LogP contribution in [0.4, 0.5) is 5.82 Å². The Kier molecular flexibility index (Phi) is 5.63. The van der Waals surface area contributed by atoms with Crippen LogP contribution in [0.25, 0.3) is 5.69 Å². The van der Waals surface area contributed by atoms with Gasteiger partial charge in [0.1, 0.15) is 0 Å². The number of anilines is 1. The SMILES string of the molecule is Cc1ccc(C(=O)NC2CC2)cc1-n1ccnc(NCC(O)c2ccccc2)c1=O. The summed E-state index contributed by atoms with van der Waals surface area (Å²) in [6, 6.07) is 14.8. The first-order chi connectivity index (χ1) is 14.5. The van der Waals surface area contributed by atoms with E-state index in [0.29, 0.717) is 11.3 Å². The lowest BCUT2D eigenvalue weighted by molar-refractivity contribution is 0.0951. The summed E-state index contributed by atoms with van der Waals surface area (Å²) in [4.78, 5) is 29.5.